The molecule has 4 aromatic rings. The van der Waals surface area contributed by atoms with Crippen molar-refractivity contribution in [1.29, 1.82) is 0 Å². The smallest absolute Gasteiger partial charge is 0.338 e. The number of fused-ring (bicyclic) bond motifs is 2. The first-order valence-corrected chi connectivity index (χ1v) is 15.8. The fourth-order valence-corrected chi connectivity index (χ4v) is 8.95. The minimum Gasteiger partial charge on any atom is -0.462 e. The summed E-state index contributed by atoms with van der Waals surface area (Å²) in [6.45, 7) is 3.65. The van der Waals surface area contributed by atoms with Gasteiger partial charge in [-0.3, -0.25) is 23.7 Å². The van der Waals surface area contributed by atoms with Gasteiger partial charge in [-0.15, -0.1) is 11.3 Å². The van der Waals surface area contributed by atoms with Crippen molar-refractivity contribution in [2.45, 2.75) is 36.6 Å². The van der Waals surface area contributed by atoms with Crippen LogP contribution in [0.15, 0.2) is 75.9 Å². The van der Waals surface area contributed by atoms with Crippen molar-refractivity contribution in [3.63, 3.8) is 0 Å². The zero-order valence-corrected chi connectivity index (χ0v) is 25.0. The molecule has 0 spiro atoms. The molecule has 1 fully saturated rings. The van der Waals surface area contributed by atoms with Crippen molar-refractivity contribution >= 4 is 69.5 Å². The highest BCUT2D eigenvalue weighted by molar-refractivity contribution is 8.00. The van der Waals surface area contributed by atoms with Crippen LogP contribution in [-0.2, 0) is 25.7 Å². The molecule has 12 heteroatoms. The molecule has 0 saturated carbocycles. The van der Waals surface area contributed by atoms with Crippen molar-refractivity contribution in [2.75, 3.05) is 16.8 Å². The molecule has 2 aromatic carbocycles. The predicted octanol–water partition coefficient (Wildman–Crippen LogP) is 4.89. The SMILES string of the molecule is CCOC(=O)c1ccc(NC(=O)Cn2c3c(sc2=O)[C@H](c2cccs2)C2C(=O)N(c4ccc(C)cc4)C(=O)C2S3)cc1. The Morgan fingerprint density at radius 1 is 0.976 bits per heavy atom. The van der Waals surface area contributed by atoms with Crippen molar-refractivity contribution in [2.24, 2.45) is 5.92 Å². The van der Waals surface area contributed by atoms with Gasteiger partial charge in [-0.2, -0.15) is 0 Å². The Kier molecular flexibility index (Phi) is 7.60. The number of thiophene rings is 1. The van der Waals surface area contributed by atoms with E-state index in [0.717, 1.165) is 21.8 Å². The number of amides is 3. The molecule has 9 nitrogen and oxygen atoms in total. The topological polar surface area (TPSA) is 115 Å². The predicted molar refractivity (Wildman–Crippen MR) is 163 cm³/mol. The third-order valence-corrected chi connectivity index (χ3v) is 10.7. The van der Waals surface area contributed by atoms with Crippen LogP contribution < -0.4 is 15.1 Å². The minimum absolute atomic E-state index is 0.258. The van der Waals surface area contributed by atoms with E-state index in [1.54, 1.807) is 43.3 Å². The number of anilines is 2. The van der Waals surface area contributed by atoms with Crippen LogP contribution in [0.2, 0.25) is 0 Å². The van der Waals surface area contributed by atoms with Gasteiger partial charge in [-0.25, -0.2) is 9.69 Å². The number of aryl methyl sites for hydroxylation is 1. The summed E-state index contributed by atoms with van der Waals surface area (Å²) in [4.78, 5) is 68.3. The summed E-state index contributed by atoms with van der Waals surface area (Å²) in [5, 5.41) is 4.46. The average molecular weight is 620 g/mol. The monoisotopic (exact) mass is 619 g/mol. The molecule has 0 bridgehead atoms. The van der Waals surface area contributed by atoms with Crippen LogP contribution in [-0.4, -0.2) is 40.1 Å². The maximum absolute atomic E-state index is 13.8. The van der Waals surface area contributed by atoms with Crippen LogP contribution in [0.25, 0.3) is 0 Å². The van der Waals surface area contributed by atoms with Gasteiger partial charge in [0.2, 0.25) is 17.7 Å². The number of carbonyl (C=O) groups excluding carboxylic acids is 4. The number of carbonyl (C=O) groups is 4. The maximum atomic E-state index is 13.8. The van der Waals surface area contributed by atoms with Gasteiger partial charge in [0.1, 0.15) is 11.8 Å². The third kappa shape index (κ3) is 4.99. The molecule has 1 N–H and O–H groups in total. The first-order chi connectivity index (χ1) is 20.3. The molecule has 2 aromatic heterocycles. The van der Waals surface area contributed by atoms with Gasteiger partial charge >= 0.3 is 10.8 Å². The number of hydrogen-bond acceptors (Lipinski definition) is 9. The Morgan fingerprint density at radius 2 is 1.71 bits per heavy atom. The highest BCUT2D eigenvalue weighted by Gasteiger charge is 2.57. The third-order valence-electron chi connectivity index (χ3n) is 7.17. The lowest BCUT2D eigenvalue weighted by atomic mass is 9.87. The largest absolute Gasteiger partial charge is 0.462 e. The van der Waals surface area contributed by atoms with E-state index >= 15 is 0 Å². The van der Waals surface area contributed by atoms with E-state index in [-0.39, 0.29) is 29.8 Å². The van der Waals surface area contributed by atoms with Gasteiger partial charge < -0.3 is 10.1 Å². The van der Waals surface area contributed by atoms with Gasteiger partial charge in [0.15, 0.2) is 0 Å². The molecule has 6 rings (SSSR count). The molecule has 4 heterocycles. The number of thiazole rings is 1. The standard InChI is InChI=1S/C30H25N3O6S3/c1-3-39-29(37)17-8-10-18(11-9-17)31-21(34)15-32-28-25(42-30(32)38)22(20-5-4-14-40-20)23-24(41-28)27(36)33(26(23)35)19-12-6-16(2)7-13-19/h4-14,22-24H,3,15H2,1-2H3,(H,31,34)/t22-,23?,24?/m1/s1. The quantitative estimate of drug-likeness (QED) is 0.231. The van der Waals surface area contributed by atoms with Gasteiger partial charge in [0.05, 0.1) is 28.8 Å². The van der Waals surface area contributed by atoms with Gasteiger partial charge in [0.25, 0.3) is 0 Å². The van der Waals surface area contributed by atoms with E-state index in [1.807, 2.05) is 36.6 Å². The van der Waals surface area contributed by atoms with Gasteiger partial charge in [-0.05, 0) is 61.7 Å². The summed E-state index contributed by atoms with van der Waals surface area (Å²) in [6.07, 6.45) is 0. The first kappa shape index (κ1) is 28.1. The lowest BCUT2D eigenvalue weighted by Crippen LogP contribution is -2.32. The molecular weight excluding hydrogens is 595 g/mol. The number of aromatic nitrogens is 1. The number of esters is 1. The highest BCUT2D eigenvalue weighted by Crippen LogP contribution is 2.54. The molecule has 1 saturated heterocycles. The normalized spacial score (nSPS) is 19.4. The van der Waals surface area contributed by atoms with E-state index in [0.29, 0.717) is 26.8 Å². The number of ether oxygens (including phenoxy) is 1. The zero-order valence-electron chi connectivity index (χ0n) is 22.6. The minimum atomic E-state index is -0.739. The average Bonchev–Trinajstić information content (AvgIpc) is 3.67. The number of nitrogens with one attached hydrogen (secondary N) is 1. The molecule has 0 radical (unpaired) electrons. The van der Waals surface area contributed by atoms with Crippen LogP contribution in [0.3, 0.4) is 0 Å². The Hall–Kier alpha value is -4.00. The zero-order chi connectivity index (χ0) is 29.5. The number of hydrogen-bond donors (Lipinski definition) is 1. The Balaban J connectivity index is 1.30. The first-order valence-electron chi connectivity index (χ1n) is 13.2. The molecule has 42 heavy (non-hydrogen) atoms. The Bertz CT molecular complexity index is 1740. The van der Waals surface area contributed by atoms with Crippen LogP contribution in [0.4, 0.5) is 11.4 Å². The molecule has 3 atom stereocenters. The van der Waals surface area contributed by atoms with E-state index in [9.17, 15) is 24.0 Å². The number of thioether (sulfide) groups is 1. The van der Waals surface area contributed by atoms with E-state index < -0.39 is 29.0 Å². The van der Waals surface area contributed by atoms with Gasteiger partial charge in [0, 0.05) is 21.4 Å². The summed E-state index contributed by atoms with van der Waals surface area (Å²) in [5.41, 5.74) is 2.35. The number of rotatable bonds is 7. The van der Waals surface area contributed by atoms with Crippen molar-refractivity contribution in [1.82, 2.24) is 4.57 Å². The summed E-state index contributed by atoms with van der Waals surface area (Å²) < 4.78 is 6.37. The molecular formula is C30H25N3O6S3. The second kappa shape index (κ2) is 11.3. The summed E-state index contributed by atoms with van der Waals surface area (Å²) >= 11 is 3.67. The molecule has 0 aliphatic carbocycles. The molecule has 2 aliphatic heterocycles. The van der Waals surface area contributed by atoms with E-state index in [4.69, 9.17) is 4.74 Å². The van der Waals surface area contributed by atoms with Crippen molar-refractivity contribution < 1.29 is 23.9 Å². The van der Waals surface area contributed by atoms with Crippen LogP contribution in [0, 0.1) is 12.8 Å². The fourth-order valence-electron chi connectivity index (χ4n) is 5.23. The van der Waals surface area contributed by atoms with Crippen LogP contribution >= 0.6 is 34.4 Å². The Labute approximate surface area is 253 Å². The lowest BCUT2D eigenvalue weighted by molar-refractivity contribution is -0.122. The Morgan fingerprint density at radius 3 is 2.38 bits per heavy atom. The van der Waals surface area contributed by atoms with Crippen molar-refractivity contribution in [3.05, 3.63) is 96.6 Å². The second-order valence-corrected chi connectivity index (χ2v) is 13.0. The van der Waals surface area contributed by atoms with Gasteiger partial charge in [-0.1, -0.05) is 46.9 Å². The summed E-state index contributed by atoms with van der Waals surface area (Å²) in [5.74, 6) is -2.66. The van der Waals surface area contributed by atoms with E-state index in [1.165, 1.54) is 32.6 Å². The molecule has 214 valence electrons. The van der Waals surface area contributed by atoms with E-state index in [2.05, 4.69) is 5.32 Å². The highest BCUT2D eigenvalue weighted by atomic mass is 32.2. The molecule has 3 amide bonds. The summed E-state index contributed by atoms with van der Waals surface area (Å²) in [7, 11) is 0. The molecule has 2 aliphatic rings. The second-order valence-electron chi connectivity index (χ2n) is 9.87. The lowest BCUT2D eigenvalue weighted by Gasteiger charge is -2.29. The fraction of sp³-hybridized carbons (Fsp3) is 0.233. The number of benzene rings is 2. The number of imide groups is 1. The number of nitrogens with zero attached hydrogens (tertiary/aromatic N) is 2. The summed E-state index contributed by atoms with van der Waals surface area (Å²) in [6, 6.07) is 17.3. The van der Waals surface area contributed by atoms with Crippen LogP contribution in [0.1, 0.15) is 38.5 Å². The van der Waals surface area contributed by atoms with Crippen molar-refractivity contribution in [3.8, 4) is 0 Å². The maximum Gasteiger partial charge on any atom is 0.338 e. The van der Waals surface area contributed by atoms with Crippen LogP contribution in [0.5, 0.6) is 0 Å². The molecule has 2 unspecified atom stereocenters.